The molecular weight excluding hydrogens is 276 g/mol. The first-order valence-electron chi connectivity index (χ1n) is 7.63. The lowest BCUT2D eigenvalue weighted by atomic mass is 9.85. The van der Waals surface area contributed by atoms with Gasteiger partial charge in [0.2, 0.25) is 0 Å². The molecule has 0 bridgehead atoms. The quantitative estimate of drug-likeness (QED) is 0.811. The minimum absolute atomic E-state index is 0.304. The van der Waals surface area contributed by atoms with Crippen molar-refractivity contribution in [1.82, 2.24) is 10.3 Å². The van der Waals surface area contributed by atoms with Crippen LogP contribution in [0.15, 0.2) is 41.9 Å². The molecule has 21 heavy (non-hydrogen) atoms. The average Bonchev–Trinajstić information content (AvgIpc) is 2.97. The van der Waals surface area contributed by atoms with Crippen LogP contribution in [0.4, 0.5) is 0 Å². The molecule has 0 radical (unpaired) electrons. The van der Waals surface area contributed by atoms with E-state index in [0.29, 0.717) is 17.4 Å². The molecule has 2 unspecified atom stereocenters. The Kier molecular flexibility index (Phi) is 5.54. The SMILES string of the molecule is CC(CNC(CC(C)(C)C)c1ccccc1)c1nccs1. The molecule has 2 rings (SSSR count). The first kappa shape index (κ1) is 16.2. The molecule has 1 aromatic heterocycles. The number of aromatic nitrogens is 1. The first-order chi connectivity index (χ1) is 9.96. The fraction of sp³-hybridized carbons (Fsp3) is 0.500. The van der Waals surface area contributed by atoms with Crippen LogP contribution in [0.5, 0.6) is 0 Å². The van der Waals surface area contributed by atoms with Crippen molar-refractivity contribution in [2.24, 2.45) is 5.41 Å². The monoisotopic (exact) mass is 302 g/mol. The molecule has 0 aliphatic carbocycles. The van der Waals surface area contributed by atoms with Crippen molar-refractivity contribution in [2.45, 2.75) is 46.1 Å². The van der Waals surface area contributed by atoms with Crippen LogP contribution >= 0.6 is 11.3 Å². The molecule has 1 N–H and O–H groups in total. The van der Waals surface area contributed by atoms with Crippen molar-refractivity contribution in [3.63, 3.8) is 0 Å². The molecule has 0 amide bonds. The summed E-state index contributed by atoms with van der Waals surface area (Å²) in [6.45, 7) is 10.1. The number of benzene rings is 1. The van der Waals surface area contributed by atoms with E-state index in [9.17, 15) is 0 Å². The second kappa shape index (κ2) is 7.19. The number of hydrogen-bond donors (Lipinski definition) is 1. The predicted octanol–water partition coefficient (Wildman–Crippen LogP) is 5.01. The lowest BCUT2D eigenvalue weighted by Gasteiger charge is -2.28. The van der Waals surface area contributed by atoms with Crippen LogP contribution in [0, 0.1) is 5.41 Å². The van der Waals surface area contributed by atoms with Crippen molar-refractivity contribution in [1.29, 1.82) is 0 Å². The van der Waals surface area contributed by atoms with Gasteiger partial charge in [0, 0.05) is 30.1 Å². The number of hydrogen-bond acceptors (Lipinski definition) is 3. The van der Waals surface area contributed by atoms with Gasteiger partial charge in [0.25, 0.3) is 0 Å². The van der Waals surface area contributed by atoms with E-state index in [1.807, 2.05) is 6.20 Å². The standard InChI is InChI=1S/C18H26N2S/c1-14(17-19-10-11-21-17)13-20-16(12-18(2,3)4)15-8-6-5-7-9-15/h5-11,14,16,20H,12-13H2,1-4H3. The van der Waals surface area contributed by atoms with E-state index in [0.717, 1.165) is 13.0 Å². The van der Waals surface area contributed by atoms with Gasteiger partial charge in [-0.2, -0.15) is 0 Å². The third-order valence-corrected chi connectivity index (χ3v) is 4.57. The Labute approximate surface area is 132 Å². The average molecular weight is 302 g/mol. The van der Waals surface area contributed by atoms with Gasteiger partial charge in [-0.1, -0.05) is 58.0 Å². The Morgan fingerprint density at radius 1 is 1.19 bits per heavy atom. The highest BCUT2D eigenvalue weighted by molar-refractivity contribution is 7.09. The number of rotatable bonds is 6. The molecule has 0 aliphatic rings. The van der Waals surface area contributed by atoms with E-state index < -0.39 is 0 Å². The second-order valence-electron chi connectivity index (χ2n) is 6.91. The van der Waals surface area contributed by atoms with Gasteiger partial charge >= 0.3 is 0 Å². The summed E-state index contributed by atoms with van der Waals surface area (Å²) >= 11 is 1.74. The zero-order chi connectivity index (χ0) is 15.3. The molecule has 0 fully saturated rings. The van der Waals surface area contributed by atoms with E-state index in [4.69, 9.17) is 0 Å². The van der Waals surface area contributed by atoms with Gasteiger partial charge in [-0.15, -0.1) is 11.3 Å². The van der Waals surface area contributed by atoms with Crippen LogP contribution in [0.1, 0.15) is 56.6 Å². The maximum atomic E-state index is 4.42. The van der Waals surface area contributed by atoms with Gasteiger partial charge in [-0.25, -0.2) is 4.98 Å². The van der Waals surface area contributed by atoms with Crippen LogP contribution in [-0.2, 0) is 0 Å². The smallest absolute Gasteiger partial charge is 0.0965 e. The predicted molar refractivity (Wildman–Crippen MR) is 91.8 cm³/mol. The molecule has 0 aliphatic heterocycles. The first-order valence-corrected chi connectivity index (χ1v) is 8.51. The van der Waals surface area contributed by atoms with Gasteiger partial charge in [0.1, 0.15) is 0 Å². The van der Waals surface area contributed by atoms with Crippen molar-refractivity contribution in [3.8, 4) is 0 Å². The molecule has 0 spiro atoms. The topological polar surface area (TPSA) is 24.9 Å². The lowest BCUT2D eigenvalue weighted by Crippen LogP contribution is -2.28. The zero-order valence-corrected chi connectivity index (χ0v) is 14.3. The molecule has 0 saturated heterocycles. The molecule has 0 saturated carbocycles. The number of nitrogens with one attached hydrogen (secondary N) is 1. The summed E-state index contributed by atoms with van der Waals surface area (Å²) in [6.07, 6.45) is 3.02. The Hall–Kier alpha value is -1.19. The molecular formula is C18H26N2S. The van der Waals surface area contributed by atoms with E-state index in [1.165, 1.54) is 10.6 Å². The Balaban J connectivity index is 2.02. The van der Waals surface area contributed by atoms with Crippen molar-refractivity contribution in [3.05, 3.63) is 52.5 Å². The van der Waals surface area contributed by atoms with Crippen molar-refractivity contribution in [2.75, 3.05) is 6.54 Å². The molecule has 2 aromatic rings. The van der Waals surface area contributed by atoms with Crippen LogP contribution in [-0.4, -0.2) is 11.5 Å². The van der Waals surface area contributed by atoms with Gasteiger partial charge < -0.3 is 5.32 Å². The van der Waals surface area contributed by atoms with Gasteiger partial charge in [0.15, 0.2) is 0 Å². The van der Waals surface area contributed by atoms with Crippen LogP contribution in [0.2, 0.25) is 0 Å². The highest BCUT2D eigenvalue weighted by Crippen LogP contribution is 2.30. The van der Waals surface area contributed by atoms with Gasteiger partial charge in [0.05, 0.1) is 5.01 Å². The van der Waals surface area contributed by atoms with Crippen LogP contribution in [0.3, 0.4) is 0 Å². The van der Waals surface area contributed by atoms with Gasteiger partial charge in [-0.05, 0) is 17.4 Å². The van der Waals surface area contributed by atoms with Gasteiger partial charge in [-0.3, -0.25) is 0 Å². The summed E-state index contributed by atoms with van der Waals surface area (Å²) in [5.41, 5.74) is 1.68. The van der Waals surface area contributed by atoms with E-state index in [2.05, 4.69) is 73.7 Å². The van der Waals surface area contributed by atoms with Crippen molar-refractivity contribution >= 4 is 11.3 Å². The summed E-state index contributed by atoms with van der Waals surface area (Å²) in [5, 5.41) is 7.01. The molecule has 2 nitrogen and oxygen atoms in total. The Morgan fingerprint density at radius 2 is 1.90 bits per heavy atom. The maximum Gasteiger partial charge on any atom is 0.0965 e. The summed E-state index contributed by atoms with van der Waals surface area (Å²) < 4.78 is 0. The van der Waals surface area contributed by atoms with E-state index in [-0.39, 0.29) is 0 Å². The molecule has 2 atom stereocenters. The second-order valence-corrected chi connectivity index (χ2v) is 7.83. The molecule has 3 heteroatoms. The Morgan fingerprint density at radius 3 is 2.48 bits per heavy atom. The third kappa shape index (κ3) is 5.25. The normalized spacial score (nSPS) is 14.9. The summed E-state index contributed by atoms with van der Waals surface area (Å²) in [4.78, 5) is 4.42. The van der Waals surface area contributed by atoms with Crippen LogP contribution < -0.4 is 5.32 Å². The minimum Gasteiger partial charge on any atom is -0.309 e. The summed E-state index contributed by atoms with van der Waals surface area (Å²) in [5.74, 6) is 0.455. The number of nitrogens with zero attached hydrogens (tertiary/aromatic N) is 1. The molecule has 1 aromatic carbocycles. The highest BCUT2D eigenvalue weighted by atomic mass is 32.1. The Bertz CT molecular complexity index is 514. The van der Waals surface area contributed by atoms with Crippen LogP contribution in [0.25, 0.3) is 0 Å². The minimum atomic E-state index is 0.304. The molecule has 1 heterocycles. The number of thiazole rings is 1. The summed E-state index contributed by atoms with van der Waals surface area (Å²) in [6, 6.07) is 11.2. The summed E-state index contributed by atoms with van der Waals surface area (Å²) in [7, 11) is 0. The third-order valence-electron chi connectivity index (χ3n) is 3.56. The van der Waals surface area contributed by atoms with Crippen molar-refractivity contribution < 1.29 is 0 Å². The lowest BCUT2D eigenvalue weighted by molar-refractivity contribution is 0.308. The van der Waals surface area contributed by atoms with E-state index >= 15 is 0 Å². The maximum absolute atomic E-state index is 4.42. The van der Waals surface area contributed by atoms with E-state index in [1.54, 1.807) is 11.3 Å². The fourth-order valence-corrected chi connectivity index (χ4v) is 3.19. The molecule has 114 valence electrons. The highest BCUT2D eigenvalue weighted by Gasteiger charge is 2.21. The fourth-order valence-electron chi connectivity index (χ4n) is 2.49. The zero-order valence-electron chi connectivity index (χ0n) is 13.5. The largest absolute Gasteiger partial charge is 0.309 e.